The zero-order valence-electron chi connectivity index (χ0n) is 15.3. The first-order valence-electron chi connectivity index (χ1n) is 9.17. The van der Waals surface area contributed by atoms with Crippen molar-refractivity contribution in [1.82, 2.24) is 20.6 Å². The van der Waals surface area contributed by atoms with Crippen molar-refractivity contribution in [2.75, 3.05) is 25.0 Å². The highest BCUT2D eigenvalue weighted by Gasteiger charge is 2.25. The van der Waals surface area contributed by atoms with Crippen molar-refractivity contribution in [2.24, 2.45) is 5.92 Å². The number of hydroxylamine groups is 1. The number of carbonyl (C=O) groups is 1. The Hall–Kier alpha value is -1.41. The number of aromatic nitrogens is 2. The molecular weight excluding hydrogens is 389 g/mol. The number of hydrogen-bond donors (Lipinski definition) is 3. The molecule has 1 saturated heterocycles. The average molecular weight is 418 g/mol. The summed E-state index contributed by atoms with van der Waals surface area (Å²) in [4.78, 5) is 13.5. The van der Waals surface area contributed by atoms with Gasteiger partial charge in [-0.2, -0.15) is 0 Å². The van der Waals surface area contributed by atoms with Gasteiger partial charge in [0.25, 0.3) is 5.91 Å². The standard InChI is InChI=1S/C18H27N5O2.2ClH/c24-18(22-25)9-7-15-6-8-17(21-20-15)19-16-10-11-23(13-16)12-14-4-2-1-3-5-14;;/h6-9,14,16,25H,1-5,10-13H2,(H,19,21)(H,22,24);2*1H/b9-7+;;/t16-;;/m1../s1. The maximum Gasteiger partial charge on any atom is 0.267 e. The van der Waals surface area contributed by atoms with E-state index in [1.54, 1.807) is 6.07 Å². The summed E-state index contributed by atoms with van der Waals surface area (Å²) in [6, 6.07) is 4.08. The van der Waals surface area contributed by atoms with Gasteiger partial charge in [0.2, 0.25) is 0 Å². The molecule has 3 N–H and O–H groups in total. The fourth-order valence-corrected chi connectivity index (χ4v) is 3.77. The highest BCUT2D eigenvalue weighted by atomic mass is 35.5. The minimum atomic E-state index is -0.590. The van der Waals surface area contributed by atoms with E-state index in [1.807, 2.05) is 6.07 Å². The van der Waals surface area contributed by atoms with E-state index in [4.69, 9.17) is 5.21 Å². The van der Waals surface area contributed by atoms with Crippen molar-refractivity contribution in [2.45, 2.75) is 44.6 Å². The second-order valence-electron chi connectivity index (χ2n) is 7.05. The molecule has 1 saturated carbocycles. The molecule has 2 aliphatic rings. The quantitative estimate of drug-likeness (QED) is 0.374. The van der Waals surface area contributed by atoms with Crippen LogP contribution in [0.5, 0.6) is 0 Å². The number of halogens is 2. The van der Waals surface area contributed by atoms with Crippen LogP contribution in [0.1, 0.15) is 44.2 Å². The molecule has 3 rings (SSSR count). The molecule has 152 valence electrons. The molecule has 0 unspecified atom stereocenters. The summed E-state index contributed by atoms with van der Waals surface area (Å²) in [5, 5.41) is 20.1. The van der Waals surface area contributed by atoms with E-state index in [2.05, 4.69) is 20.4 Å². The fraction of sp³-hybridized carbons (Fsp3) is 0.611. The van der Waals surface area contributed by atoms with Crippen LogP contribution in [-0.4, -0.2) is 51.9 Å². The lowest BCUT2D eigenvalue weighted by molar-refractivity contribution is -0.124. The van der Waals surface area contributed by atoms with Gasteiger partial charge in [-0.05, 0) is 43.4 Å². The third-order valence-electron chi connectivity index (χ3n) is 5.07. The van der Waals surface area contributed by atoms with Gasteiger partial charge in [0, 0.05) is 31.8 Å². The molecule has 0 radical (unpaired) electrons. The van der Waals surface area contributed by atoms with Crippen LogP contribution in [-0.2, 0) is 4.79 Å². The molecule has 2 heterocycles. The van der Waals surface area contributed by atoms with Gasteiger partial charge >= 0.3 is 0 Å². The van der Waals surface area contributed by atoms with Crippen LogP contribution < -0.4 is 10.8 Å². The van der Waals surface area contributed by atoms with Gasteiger partial charge in [0.15, 0.2) is 0 Å². The summed E-state index contributed by atoms with van der Waals surface area (Å²) in [7, 11) is 0. The summed E-state index contributed by atoms with van der Waals surface area (Å²) in [6.45, 7) is 3.45. The fourth-order valence-electron chi connectivity index (χ4n) is 3.77. The zero-order chi connectivity index (χ0) is 17.5. The van der Waals surface area contributed by atoms with Crippen LogP contribution in [0.4, 0.5) is 5.82 Å². The molecule has 1 aromatic rings. The maximum atomic E-state index is 10.9. The minimum Gasteiger partial charge on any atom is -0.365 e. The normalized spacial score (nSPS) is 20.7. The number of anilines is 1. The van der Waals surface area contributed by atoms with Gasteiger partial charge in [0.05, 0.1) is 5.69 Å². The summed E-state index contributed by atoms with van der Waals surface area (Å²) < 4.78 is 0. The Morgan fingerprint density at radius 2 is 1.96 bits per heavy atom. The van der Waals surface area contributed by atoms with Gasteiger partial charge in [0.1, 0.15) is 5.82 Å². The lowest BCUT2D eigenvalue weighted by Crippen LogP contribution is -2.31. The molecule has 2 fully saturated rings. The van der Waals surface area contributed by atoms with E-state index >= 15 is 0 Å². The van der Waals surface area contributed by atoms with Crippen molar-refractivity contribution in [3.8, 4) is 0 Å². The first-order chi connectivity index (χ1) is 12.2. The second kappa shape index (κ2) is 12.1. The molecule has 0 spiro atoms. The average Bonchev–Trinajstić information content (AvgIpc) is 3.08. The van der Waals surface area contributed by atoms with Gasteiger partial charge in [-0.25, -0.2) is 5.48 Å². The van der Waals surface area contributed by atoms with Crippen LogP contribution in [0.3, 0.4) is 0 Å². The van der Waals surface area contributed by atoms with E-state index < -0.39 is 5.91 Å². The molecule has 1 aliphatic carbocycles. The molecule has 1 aromatic heterocycles. The number of carbonyl (C=O) groups excluding carboxylic acids is 1. The number of likely N-dealkylation sites (tertiary alicyclic amines) is 1. The van der Waals surface area contributed by atoms with Crippen LogP contribution in [0.15, 0.2) is 18.2 Å². The van der Waals surface area contributed by atoms with E-state index in [1.165, 1.54) is 56.3 Å². The predicted octanol–water partition coefficient (Wildman–Crippen LogP) is 2.91. The van der Waals surface area contributed by atoms with Gasteiger partial charge in [-0.15, -0.1) is 35.0 Å². The van der Waals surface area contributed by atoms with Crippen LogP contribution in [0, 0.1) is 5.92 Å². The van der Waals surface area contributed by atoms with Crippen molar-refractivity contribution in [3.05, 3.63) is 23.9 Å². The number of nitrogens with one attached hydrogen (secondary N) is 2. The second-order valence-corrected chi connectivity index (χ2v) is 7.05. The van der Waals surface area contributed by atoms with Gasteiger partial charge < -0.3 is 10.2 Å². The lowest BCUT2D eigenvalue weighted by Gasteiger charge is -2.26. The summed E-state index contributed by atoms with van der Waals surface area (Å²) in [5.74, 6) is 1.05. The Morgan fingerprint density at radius 1 is 1.19 bits per heavy atom. The summed E-state index contributed by atoms with van der Waals surface area (Å²) >= 11 is 0. The lowest BCUT2D eigenvalue weighted by atomic mass is 9.89. The number of nitrogens with zero attached hydrogens (tertiary/aromatic N) is 3. The molecule has 1 atom stereocenters. The molecule has 0 bridgehead atoms. The Labute approximate surface area is 172 Å². The Bertz CT molecular complexity index is 594. The van der Waals surface area contributed by atoms with Crippen molar-refractivity contribution in [3.63, 3.8) is 0 Å². The number of amides is 1. The van der Waals surface area contributed by atoms with Crippen LogP contribution in [0.25, 0.3) is 6.08 Å². The van der Waals surface area contributed by atoms with Crippen molar-refractivity contribution < 1.29 is 10.0 Å². The molecule has 1 aliphatic heterocycles. The van der Waals surface area contributed by atoms with Gasteiger partial charge in [-0.3, -0.25) is 10.0 Å². The van der Waals surface area contributed by atoms with Crippen LogP contribution in [0.2, 0.25) is 0 Å². The number of hydrogen-bond acceptors (Lipinski definition) is 6. The summed E-state index contributed by atoms with van der Waals surface area (Å²) in [5.41, 5.74) is 2.11. The Morgan fingerprint density at radius 3 is 2.63 bits per heavy atom. The SMILES string of the molecule is Cl.Cl.O=C(/C=C/c1ccc(N[C@@H]2CCN(CC3CCCCC3)C2)nn1)NO. The highest BCUT2D eigenvalue weighted by molar-refractivity contribution is 5.90. The van der Waals surface area contributed by atoms with E-state index in [0.717, 1.165) is 31.2 Å². The molecule has 1 amide bonds. The predicted molar refractivity (Wildman–Crippen MR) is 111 cm³/mol. The molecule has 27 heavy (non-hydrogen) atoms. The molecule has 9 heteroatoms. The first kappa shape index (κ1) is 23.6. The largest absolute Gasteiger partial charge is 0.365 e. The third kappa shape index (κ3) is 7.62. The number of rotatable bonds is 6. The third-order valence-corrected chi connectivity index (χ3v) is 5.07. The topological polar surface area (TPSA) is 90.4 Å². The minimum absolute atomic E-state index is 0. The van der Waals surface area contributed by atoms with Crippen molar-refractivity contribution >= 4 is 42.6 Å². The smallest absolute Gasteiger partial charge is 0.267 e. The monoisotopic (exact) mass is 417 g/mol. The van der Waals surface area contributed by atoms with Crippen LogP contribution >= 0.6 is 24.8 Å². The van der Waals surface area contributed by atoms with Crippen molar-refractivity contribution in [1.29, 1.82) is 0 Å². The zero-order valence-corrected chi connectivity index (χ0v) is 17.0. The first-order valence-corrected chi connectivity index (χ1v) is 9.17. The molecule has 7 nitrogen and oxygen atoms in total. The Kier molecular flexibility index (Phi) is 10.6. The molecule has 0 aromatic carbocycles. The highest BCUT2D eigenvalue weighted by Crippen LogP contribution is 2.26. The van der Waals surface area contributed by atoms with E-state index in [-0.39, 0.29) is 24.8 Å². The van der Waals surface area contributed by atoms with Gasteiger partial charge in [-0.1, -0.05) is 19.3 Å². The summed E-state index contributed by atoms with van der Waals surface area (Å²) in [6.07, 6.45) is 10.8. The van der Waals surface area contributed by atoms with E-state index in [9.17, 15) is 4.79 Å². The maximum absolute atomic E-state index is 10.9. The van der Waals surface area contributed by atoms with E-state index in [0.29, 0.717) is 11.7 Å². The molecular formula is C18H29Cl2N5O2. The Balaban J connectivity index is 0.00000182.